The lowest BCUT2D eigenvalue weighted by Crippen LogP contribution is -2.41. The van der Waals surface area contributed by atoms with E-state index in [-0.39, 0.29) is 24.0 Å². The Kier molecular flexibility index (Phi) is 6.23. The van der Waals surface area contributed by atoms with Crippen molar-refractivity contribution in [2.24, 2.45) is 5.92 Å². The second kappa shape index (κ2) is 8.21. The summed E-state index contributed by atoms with van der Waals surface area (Å²) in [5.41, 5.74) is 0.645. The SMILES string of the molecule is COC(=O)C(C)(C)c1ccc(NC(=O)NC2CCC(C(=O)O)CC2)cc1. The van der Waals surface area contributed by atoms with E-state index in [1.54, 1.807) is 38.1 Å². The number of carboxylic acid groups (broad SMARTS) is 1. The van der Waals surface area contributed by atoms with Gasteiger partial charge in [-0.1, -0.05) is 12.1 Å². The molecule has 0 atom stereocenters. The number of carbonyl (C=O) groups excluding carboxylic acids is 2. The first-order chi connectivity index (χ1) is 12.2. The molecule has 1 aromatic carbocycles. The highest BCUT2D eigenvalue weighted by atomic mass is 16.5. The number of carbonyl (C=O) groups is 3. The van der Waals surface area contributed by atoms with Crippen molar-refractivity contribution in [2.45, 2.75) is 51.0 Å². The summed E-state index contributed by atoms with van der Waals surface area (Å²) in [6, 6.07) is 6.71. The van der Waals surface area contributed by atoms with Crippen molar-refractivity contribution in [1.29, 1.82) is 0 Å². The molecule has 0 radical (unpaired) electrons. The first-order valence-electron chi connectivity index (χ1n) is 8.73. The first-order valence-corrected chi connectivity index (χ1v) is 8.73. The third-order valence-electron chi connectivity index (χ3n) is 4.97. The molecule has 0 spiro atoms. The number of urea groups is 1. The number of methoxy groups -OCH3 is 1. The van der Waals surface area contributed by atoms with Gasteiger partial charge in [-0.3, -0.25) is 9.59 Å². The fourth-order valence-corrected chi connectivity index (χ4v) is 3.18. The summed E-state index contributed by atoms with van der Waals surface area (Å²) in [4.78, 5) is 34.9. The van der Waals surface area contributed by atoms with Crippen molar-refractivity contribution in [3.8, 4) is 0 Å². The molecule has 1 fully saturated rings. The molecule has 0 unspecified atom stereocenters. The molecular weight excluding hydrogens is 336 g/mol. The predicted molar refractivity (Wildman–Crippen MR) is 97.0 cm³/mol. The van der Waals surface area contributed by atoms with Gasteiger partial charge in [-0.05, 0) is 57.2 Å². The molecule has 0 saturated heterocycles. The Bertz CT molecular complexity index is 661. The van der Waals surface area contributed by atoms with Crippen molar-refractivity contribution < 1.29 is 24.2 Å². The van der Waals surface area contributed by atoms with Gasteiger partial charge >= 0.3 is 18.0 Å². The van der Waals surface area contributed by atoms with E-state index >= 15 is 0 Å². The number of benzene rings is 1. The second-order valence-electron chi connectivity index (χ2n) is 7.18. The molecule has 1 saturated carbocycles. The summed E-state index contributed by atoms with van der Waals surface area (Å²) >= 11 is 0. The molecular formula is C19H26N2O5. The lowest BCUT2D eigenvalue weighted by atomic mass is 9.85. The van der Waals surface area contributed by atoms with E-state index in [1.807, 2.05) is 0 Å². The van der Waals surface area contributed by atoms with Crippen LogP contribution in [0.5, 0.6) is 0 Å². The third-order valence-corrected chi connectivity index (χ3v) is 4.97. The molecule has 0 aromatic heterocycles. The fraction of sp³-hybridized carbons (Fsp3) is 0.526. The van der Waals surface area contributed by atoms with Gasteiger partial charge in [-0.25, -0.2) is 4.79 Å². The number of ether oxygens (including phenoxy) is 1. The molecule has 1 aliphatic carbocycles. The van der Waals surface area contributed by atoms with Crippen LogP contribution in [-0.4, -0.2) is 36.2 Å². The summed E-state index contributed by atoms with van der Waals surface area (Å²) in [6.45, 7) is 3.56. The summed E-state index contributed by atoms with van der Waals surface area (Å²) < 4.78 is 4.82. The molecule has 142 valence electrons. The fourth-order valence-electron chi connectivity index (χ4n) is 3.18. The van der Waals surface area contributed by atoms with Gasteiger partial charge in [-0.2, -0.15) is 0 Å². The Balaban J connectivity index is 1.88. The van der Waals surface area contributed by atoms with Crippen molar-refractivity contribution >= 4 is 23.7 Å². The first kappa shape index (κ1) is 19.8. The minimum atomic E-state index is -0.766. The minimum absolute atomic E-state index is 0.0110. The largest absolute Gasteiger partial charge is 0.481 e. The number of amides is 2. The molecule has 2 rings (SSSR count). The van der Waals surface area contributed by atoms with Gasteiger partial charge in [0.15, 0.2) is 0 Å². The summed E-state index contributed by atoms with van der Waals surface area (Å²) in [7, 11) is 1.36. The molecule has 0 heterocycles. The molecule has 7 nitrogen and oxygen atoms in total. The van der Waals surface area contributed by atoms with Gasteiger partial charge in [0.05, 0.1) is 18.4 Å². The van der Waals surface area contributed by atoms with E-state index in [9.17, 15) is 14.4 Å². The average molecular weight is 362 g/mol. The van der Waals surface area contributed by atoms with Crippen LogP contribution in [0.2, 0.25) is 0 Å². The maximum absolute atomic E-state index is 12.1. The summed E-state index contributed by atoms with van der Waals surface area (Å²) in [5, 5.41) is 14.6. The highest BCUT2D eigenvalue weighted by Gasteiger charge is 2.31. The molecule has 0 aliphatic heterocycles. The monoisotopic (exact) mass is 362 g/mol. The molecule has 0 bridgehead atoms. The normalized spacial score (nSPS) is 20.1. The highest BCUT2D eigenvalue weighted by Crippen LogP contribution is 2.26. The zero-order valence-corrected chi connectivity index (χ0v) is 15.4. The Morgan fingerprint density at radius 2 is 1.65 bits per heavy atom. The molecule has 26 heavy (non-hydrogen) atoms. The Labute approximate surface area is 153 Å². The van der Waals surface area contributed by atoms with E-state index in [2.05, 4.69) is 10.6 Å². The minimum Gasteiger partial charge on any atom is -0.481 e. The zero-order chi connectivity index (χ0) is 19.3. The maximum atomic E-state index is 12.1. The van der Waals surface area contributed by atoms with Crippen molar-refractivity contribution in [3.63, 3.8) is 0 Å². The number of aliphatic carboxylic acids is 1. The maximum Gasteiger partial charge on any atom is 0.319 e. The van der Waals surface area contributed by atoms with E-state index in [0.717, 1.165) is 5.56 Å². The molecule has 2 amide bonds. The Morgan fingerprint density at radius 1 is 1.08 bits per heavy atom. The van der Waals surface area contributed by atoms with E-state index < -0.39 is 11.4 Å². The Morgan fingerprint density at radius 3 is 2.15 bits per heavy atom. The lowest BCUT2D eigenvalue weighted by molar-refractivity contribution is -0.146. The quantitative estimate of drug-likeness (QED) is 0.699. The van der Waals surface area contributed by atoms with Crippen LogP contribution in [-0.2, 0) is 19.7 Å². The number of hydrogen-bond donors (Lipinski definition) is 3. The van der Waals surface area contributed by atoms with Crippen LogP contribution in [0, 0.1) is 5.92 Å². The third kappa shape index (κ3) is 4.74. The number of rotatable bonds is 5. The average Bonchev–Trinajstić information content (AvgIpc) is 2.61. The van der Waals surface area contributed by atoms with Gasteiger partial charge in [0.2, 0.25) is 0 Å². The number of carboxylic acids is 1. The second-order valence-corrected chi connectivity index (χ2v) is 7.18. The number of esters is 1. The van der Waals surface area contributed by atoms with Crippen LogP contribution in [0.4, 0.5) is 10.5 Å². The van der Waals surface area contributed by atoms with Gasteiger partial charge in [0, 0.05) is 11.7 Å². The van der Waals surface area contributed by atoms with Gasteiger partial charge in [0.25, 0.3) is 0 Å². The van der Waals surface area contributed by atoms with Crippen LogP contribution >= 0.6 is 0 Å². The van der Waals surface area contributed by atoms with Crippen molar-refractivity contribution in [3.05, 3.63) is 29.8 Å². The molecule has 1 aromatic rings. The zero-order valence-electron chi connectivity index (χ0n) is 15.4. The lowest BCUT2D eigenvalue weighted by Gasteiger charge is -2.27. The summed E-state index contributed by atoms with van der Waals surface area (Å²) in [5.74, 6) is -1.39. The van der Waals surface area contributed by atoms with E-state index in [0.29, 0.717) is 31.4 Å². The van der Waals surface area contributed by atoms with Crippen LogP contribution < -0.4 is 10.6 Å². The van der Waals surface area contributed by atoms with Crippen molar-refractivity contribution in [2.75, 3.05) is 12.4 Å². The highest BCUT2D eigenvalue weighted by molar-refractivity contribution is 5.89. The molecule has 7 heteroatoms. The van der Waals surface area contributed by atoms with Gasteiger partial charge in [0.1, 0.15) is 0 Å². The van der Waals surface area contributed by atoms with Crippen molar-refractivity contribution in [1.82, 2.24) is 5.32 Å². The topological polar surface area (TPSA) is 105 Å². The number of anilines is 1. The van der Waals surface area contributed by atoms with Crippen LogP contribution in [0.1, 0.15) is 45.1 Å². The number of nitrogens with one attached hydrogen (secondary N) is 2. The smallest absolute Gasteiger partial charge is 0.319 e. The Hall–Kier alpha value is -2.57. The number of hydrogen-bond acceptors (Lipinski definition) is 4. The standard InChI is InChI=1S/C19H26N2O5/c1-19(2,17(24)26-3)13-6-10-15(11-7-13)21-18(25)20-14-8-4-12(5-9-14)16(22)23/h6-7,10-12,14H,4-5,8-9H2,1-3H3,(H,22,23)(H2,20,21,25). The predicted octanol–water partition coefficient (Wildman–Crippen LogP) is 2.90. The van der Waals surface area contributed by atoms with E-state index in [4.69, 9.17) is 9.84 Å². The van der Waals surface area contributed by atoms with Gasteiger partial charge < -0.3 is 20.5 Å². The molecule has 1 aliphatic rings. The van der Waals surface area contributed by atoms with Gasteiger partial charge in [-0.15, -0.1) is 0 Å². The van der Waals surface area contributed by atoms with Crippen LogP contribution in [0.15, 0.2) is 24.3 Å². The van der Waals surface area contributed by atoms with Crippen LogP contribution in [0.3, 0.4) is 0 Å². The van der Waals surface area contributed by atoms with Crippen LogP contribution in [0.25, 0.3) is 0 Å². The molecule has 3 N–H and O–H groups in total. The van der Waals surface area contributed by atoms with E-state index in [1.165, 1.54) is 7.11 Å². The summed E-state index contributed by atoms with van der Waals surface area (Å²) in [6.07, 6.45) is 2.49.